The zero-order chi connectivity index (χ0) is 12.8. The first kappa shape index (κ1) is 14.0. The molecule has 0 aliphatic heterocycles. The van der Waals surface area contributed by atoms with Gasteiger partial charge in [0.15, 0.2) is 0 Å². The van der Waals surface area contributed by atoms with Crippen LogP contribution < -0.4 is 0 Å². The molecule has 0 bridgehead atoms. The van der Waals surface area contributed by atoms with Gasteiger partial charge in [0.2, 0.25) is 0 Å². The van der Waals surface area contributed by atoms with Crippen molar-refractivity contribution in [3.8, 4) is 5.69 Å². The molecule has 0 atom stereocenters. The Kier molecular flexibility index (Phi) is 3.66. The third kappa shape index (κ3) is 2.38. The largest absolute Gasteiger partial charge is 0.520 e. The molecular weight excluding hydrogens is 416 g/mol. The summed E-state index contributed by atoms with van der Waals surface area (Å²) < 4.78 is 7.51. The van der Waals surface area contributed by atoms with E-state index in [1.165, 1.54) is 5.56 Å². The Hall–Kier alpha value is -1.38. The van der Waals surface area contributed by atoms with E-state index in [0.29, 0.717) is 0 Å². The van der Waals surface area contributed by atoms with Gasteiger partial charge < -0.3 is 4.42 Å². The molecule has 1 aromatic carbocycles. The Labute approximate surface area is 126 Å². The van der Waals surface area contributed by atoms with Crippen LogP contribution in [0, 0.1) is 6.07 Å². The molecule has 2 aromatic heterocycles. The minimum absolute atomic E-state index is 0. The van der Waals surface area contributed by atoms with Gasteiger partial charge in [-0.05, 0) is 22.7 Å². The van der Waals surface area contributed by atoms with Gasteiger partial charge in [0.1, 0.15) is 0 Å². The van der Waals surface area contributed by atoms with Crippen LogP contribution in [-0.2, 0) is 25.5 Å². The Balaban J connectivity index is 0.00000133. The smallest absolute Gasteiger partial charge is 0.0759 e. The second-order valence-electron chi connectivity index (χ2n) is 5.42. The predicted octanol–water partition coefficient (Wildman–Crippen LogP) is 3.71. The maximum absolute atomic E-state index is 5.74. The third-order valence-electron chi connectivity index (χ3n) is 3.06. The molecular formula is C15H15IrN2O-. The van der Waals surface area contributed by atoms with E-state index < -0.39 is 0 Å². The fourth-order valence-electron chi connectivity index (χ4n) is 2.14. The Morgan fingerprint density at radius 1 is 1.32 bits per heavy atom. The molecule has 0 saturated carbocycles. The second-order valence-corrected chi connectivity index (χ2v) is 5.42. The average Bonchev–Trinajstić information content (AvgIpc) is 2.96. The Morgan fingerprint density at radius 3 is 2.74 bits per heavy atom. The fourth-order valence-corrected chi connectivity index (χ4v) is 2.14. The van der Waals surface area contributed by atoms with Gasteiger partial charge in [-0.1, -0.05) is 26.2 Å². The van der Waals surface area contributed by atoms with Crippen LogP contribution in [0.3, 0.4) is 0 Å². The molecule has 0 amide bonds. The van der Waals surface area contributed by atoms with E-state index in [9.17, 15) is 0 Å². The minimum Gasteiger partial charge on any atom is -0.520 e. The fraction of sp³-hybridized carbons (Fsp3) is 0.267. The van der Waals surface area contributed by atoms with Crippen LogP contribution in [0.15, 0.2) is 41.3 Å². The van der Waals surface area contributed by atoms with Crippen LogP contribution >= 0.6 is 0 Å². The number of rotatable bonds is 1. The molecule has 2 heterocycles. The summed E-state index contributed by atoms with van der Waals surface area (Å²) in [5.74, 6) is 0. The van der Waals surface area contributed by atoms with Crippen molar-refractivity contribution in [3.63, 3.8) is 0 Å². The first-order chi connectivity index (χ1) is 8.57. The summed E-state index contributed by atoms with van der Waals surface area (Å²) in [6.45, 7) is 6.55. The first-order valence-electron chi connectivity index (χ1n) is 6.00. The zero-order valence-corrected chi connectivity index (χ0v) is 13.5. The number of benzene rings is 1. The molecule has 3 aromatic rings. The molecule has 0 unspecified atom stereocenters. The zero-order valence-electron chi connectivity index (χ0n) is 11.1. The summed E-state index contributed by atoms with van der Waals surface area (Å²) in [4.78, 5) is 0. The summed E-state index contributed by atoms with van der Waals surface area (Å²) in [7, 11) is 0. The monoisotopic (exact) mass is 432 g/mol. The number of nitrogens with zero attached hydrogens (tertiary/aromatic N) is 2. The molecule has 0 fully saturated rings. The van der Waals surface area contributed by atoms with Crippen LogP contribution in [0.5, 0.6) is 0 Å². The number of hydrogen-bond acceptors (Lipinski definition) is 2. The maximum Gasteiger partial charge on any atom is 0.0759 e. The summed E-state index contributed by atoms with van der Waals surface area (Å²) in [6.07, 6.45) is 5.48. The minimum atomic E-state index is 0. The van der Waals surface area contributed by atoms with Crippen LogP contribution in [-0.4, -0.2) is 9.78 Å². The van der Waals surface area contributed by atoms with Gasteiger partial charge in [0.05, 0.1) is 6.26 Å². The van der Waals surface area contributed by atoms with Crippen molar-refractivity contribution in [2.45, 2.75) is 26.2 Å². The van der Waals surface area contributed by atoms with Crippen molar-refractivity contribution in [3.05, 3.63) is 48.5 Å². The molecule has 0 aliphatic rings. The van der Waals surface area contributed by atoms with Crippen molar-refractivity contribution in [1.82, 2.24) is 9.78 Å². The molecule has 0 aliphatic carbocycles. The van der Waals surface area contributed by atoms with E-state index >= 15 is 0 Å². The quantitative estimate of drug-likeness (QED) is 0.550. The van der Waals surface area contributed by atoms with Gasteiger partial charge in [-0.3, -0.25) is 4.68 Å². The van der Waals surface area contributed by atoms with Crippen molar-refractivity contribution in [2.75, 3.05) is 0 Å². The molecule has 0 spiro atoms. The summed E-state index contributed by atoms with van der Waals surface area (Å²) in [5.41, 5.74) is 2.97. The number of aromatic nitrogens is 2. The van der Waals surface area contributed by atoms with Gasteiger partial charge in [0.25, 0.3) is 0 Å². The van der Waals surface area contributed by atoms with Crippen molar-refractivity contribution in [2.24, 2.45) is 0 Å². The Bertz CT molecular complexity index is 678. The van der Waals surface area contributed by atoms with Crippen molar-refractivity contribution >= 4 is 11.0 Å². The summed E-state index contributed by atoms with van der Waals surface area (Å²) in [6, 6.07) is 9.04. The molecule has 4 heteroatoms. The standard InChI is InChI=1S/C15H15N2O.Ir/c1-15(2,3)12-10-18-14-11(12)6-4-7-13(14)17-9-5-8-16-17;/h4-6,8-10H,1-3H3;/q-1;. The summed E-state index contributed by atoms with van der Waals surface area (Å²) >= 11 is 0. The third-order valence-corrected chi connectivity index (χ3v) is 3.06. The molecule has 0 N–H and O–H groups in total. The average molecular weight is 432 g/mol. The van der Waals surface area contributed by atoms with E-state index in [-0.39, 0.29) is 25.5 Å². The van der Waals surface area contributed by atoms with E-state index in [1.54, 1.807) is 10.9 Å². The molecule has 1 radical (unpaired) electrons. The normalized spacial score (nSPS) is 11.5. The second kappa shape index (κ2) is 4.95. The van der Waals surface area contributed by atoms with Crippen LogP contribution in [0.2, 0.25) is 0 Å². The van der Waals surface area contributed by atoms with Gasteiger partial charge in [-0.15, -0.1) is 0 Å². The van der Waals surface area contributed by atoms with E-state index in [1.807, 2.05) is 30.7 Å². The van der Waals surface area contributed by atoms with Gasteiger partial charge in [-0.25, -0.2) is 0 Å². The summed E-state index contributed by atoms with van der Waals surface area (Å²) in [5, 5.41) is 5.36. The Morgan fingerprint density at radius 2 is 2.11 bits per heavy atom. The van der Waals surface area contributed by atoms with E-state index in [0.717, 1.165) is 16.7 Å². The van der Waals surface area contributed by atoms with Crippen LogP contribution in [0.1, 0.15) is 26.3 Å². The maximum atomic E-state index is 5.74. The van der Waals surface area contributed by atoms with Crippen molar-refractivity contribution < 1.29 is 24.5 Å². The number of furan rings is 1. The first-order valence-corrected chi connectivity index (χ1v) is 6.00. The molecule has 0 saturated heterocycles. The number of hydrogen-bond donors (Lipinski definition) is 0. The van der Waals surface area contributed by atoms with Gasteiger partial charge in [0, 0.05) is 38.1 Å². The molecule has 101 valence electrons. The van der Waals surface area contributed by atoms with E-state index in [4.69, 9.17) is 4.42 Å². The van der Waals surface area contributed by atoms with Gasteiger partial charge in [-0.2, -0.15) is 23.3 Å². The predicted molar refractivity (Wildman–Crippen MR) is 70.9 cm³/mol. The SMILES string of the molecule is CC(C)(C)c1coc2c(-n3cccn3)[c-]ccc12.[Ir]. The molecule has 3 rings (SSSR count). The molecule has 19 heavy (non-hydrogen) atoms. The van der Waals surface area contributed by atoms with Crippen LogP contribution in [0.25, 0.3) is 16.7 Å². The van der Waals surface area contributed by atoms with Crippen molar-refractivity contribution in [1.29, 1.82) is 0 Å². The van der Waals surface area contributed by atoms with E-state index in [2.05, 4.69) is 31.9 Å². The van der Waals surface area contributed by atoms with Crippen LogP contribution in [0.4, 0.5) is 0 Å². The number of fused-ring (bicyclic) bond motifs is 1. The van der Waals surface area contributed by atoms with Gasteiger partial charge >= 0.3 is 0 Å². The molecule has 3 nitrogen and oxygen atoms in total. The topological polar surface area (TPSA) is 31.0 Å².